The van der Waals surface area contributed by atoms with Crippen LogP contribution in [0.4, 0.5) is 5.82 Å². The van der Waals surface area contributed by atoms with Crippen molar-refractivity contribution in [3.8, 4) is 0 Å². The van der Waals surface area contributed by atoms with Gasteiger partial charge in [0.25, 0.3) is 0 Å². The third-order valence-corrected chi connectivity index (χ3v) is 2.42. The van der Waals surface area contributed by atoms with Gasteiger partial charge in [-0.05, 0) is 34.1 Å². The van der Waals surface area contributed by atoms with Crippen molar-refractivity contribution < 1.29 is 0 Å². The van der Waals surface area contributed by atoms with E-state index in [0.29, 0.717) is 0 Å². The largest absolute Gasteiger partial charge is 0.364 e. The number of anilines is 1. The van der Waals surface area contributed by atoms with E-state index in [0.717, 1.165) is 23.6 Å². The van der Waals surface area contributed by atoms with Gasteiger partial charge >= 0.3 is 0 Å². The number of hydrogen-bond acceptors (Lipinski definition) is 3. The van der Waals surface area contributed by atoms with E-state index in [1.54, 1.807) is 6.20 Å². The molecule has 1 N–H and O–H groups in total. The summed E-state index contributed by atoms with van der Waals surface area (Å²) in [7, 11) is 0. The van der Waals surface area contributed by atoms with Crippen molar-refractivity contribution >= 4 is 5.82 Å². The zero-order chi connectivity index (χ0) is 10.8. The van der Waals surface area contributed by atoms with Gasteiger partial charge in [-0.1, -0.05) is 6.92 Å². The van der Waals surface area contributed by atoms with Crippen LogP contribution in [0.5, 0.6) is 0 Å². The van der Waals surface area contributed by atoms with Crippen molar-refractivity contribution in [3.63, 3.8) is 0 Å². The first-order valence-electron chi connectivity index (χ1n) is 5.03. The number of aryl methyl sites for hydroxylation is 2. The highest BCUT2D eigenvalue weighted by Gasteiger charge is 2.16. The van der Waals surface area contributed by atoms with Gasteiger partial charge in [-0.2, -0.15) is 0 Å². The van der Waals surface area contributed by atoms with E-state index in [1.807, 2.05) is 13.8 Å². The summed E-state index contributed by atoms with van der Waals surface area (Å²) in [6.07, 6.45) is 2.85. The average molecular weight is 193 g/mol. The van der Waals surface area contributed by atoms with Crippen LogP contribution in [0.15, 0.2) is 6.20 Å². The molecule has 78 valence electrons. The highest BCUT2D eigenvalue weighted by atomic mass is 15.1. The lowest BCUT2D eigenvalue weighted by Gasteiger charge is -2.25. The molecule has 1 rings (SSSR count). The van der Waals surface area contributed by atoms with Crippen molar-refractivity contribution in [2.75, 3.05) is 5.32 Å². The summed E-state index contributed by atoms with van der Waals surface area (Å²) >= 11 is 0. The number of rotatable bonds is 3. The molecule has 3 heteroatoms. The Morgan fingerprint density at radius 1 is 1.36 bits per heavy atom. The highest BCUT2D eigenvalue weighted by Crippen LogP contribution is 2.17. The molecule has 0 aliphatic heterocycles. The summed E-state index contributed by atoms with van der Waals surface area (Å²) in [6.45, 7) is 10.4. The predicted molar refractivity (Wildman–Crippen MR) is 59.5 cm³/mol. The van der Waals surface area contributed by atoms with E-state index in [-0.39, 0.29) is 5.54 Å². The fraction of sp³-hybridized carbons (Fsp3) is 0.636. The Balaban J connectivity index is 2.91. The third kappa shape index (κ3) is 2.69. The number of hydrogen-bond donors (Lipinski definition) is 1. The Labute approximate surface area is 86.0 Å². The van der Waals surface area contributed by atoms with Crippen molar-refractivity contribution in [1.29, 1.82) is 0 Å². The second kappa shape index (κ2) is 3.95. The lowest BCUT2D eigenvalue weighted by atomic mass is 10.0. The van der Waals surface area contributed by atoms with Gasteiger partial charge in [-0.15, -0.1) is 0 Å². The van der Waals surface area contributed by atoms with Crippen LogP contribution < -0.4 is 5.32 Å². The molecule has 0 unspecified atom stereocenters. The van der Waals surface area contributed by atoms with Crippen LogP contribution in [-0.4, -0.2) is 15.5 Å². The van der Waals surface area contributed by atoms with Gasteiger partial charge in [0.05, 0.1) is 11.4 Å². The fourth-order valence-corrected chi connectivity index (χ4v) is 1.06. The lowest BCUT2D eigenvalue weighted by Crippen LogP contribution is -2.30. The van der Waals surface area contributed by atoms with E-state index in [1.165, 1.54) is 0 Å². The SMILES string of the molecule is CCC(C)(C)Nc1nc(C)cnc1C. The summed E-state index contributed by atoms with van der Waals surface area (Å²) < 4.78 is 0. The second-order valence-electron chi connectivity index (χ2n) is 4.31. The molecule has 1 heterocycles. The molecule has 1 aromatic rings. The smallest absolute Gasteiger partial charge is 0.148 e. The van der Waals surface area contributed by atoms with Crippen LogP contribution in [0.1, 0.15) is 38.6 Å². The standard InChI is InChI=1S/C11H19N3/c1-6-11(4,5)14-10-9(3)12-7-8(2)13-10/h7H,6H2,1-5H3,(H,13,14). The summed E-state index contributed by atoms with van der Waals surface area (Å²) in [5.74, 6) is 0.900. The molecule has 14 heavy (non-hydrogen) atoms. The molecule has 0 saturated carbocycles. The van der Waals surface area contributed by atoms with Gasteiger partial charge in [0, 0.05) is 11.7 Å². The summed E-state index contributed by atoms with van der Waals surface area (Å²) in [5.41, 5.74) is 1.98. The van der Waals surface area contributed by atoms with Gasteiger partial charge in [0.1, 0.15) is 5.82 Å². The fourth-order valence-electron chi connectivity index (χ4n) is 1.06. The van der Waals surface area contributed by atoms with E-state index >= 15 is 0 Å². The van der Waals surface area contributed by atoms with Crippen molar-refractivity contribution in [2.24, 2.45) is 0 Å². The lowest BCUT2D eigenvalue weighted by molar-refractivity contribution is 0.543. The quantitative estimate of drug-likeness (QED) is 0.802. The normalized spacial score (nSPS) is 11.5. The van der Waals surface area contributed by atoms with Crippen molar-refractivity contribution in [1.82, 2.24) is 9.97 Å². The monoisotopic (exact) mass is 193 g/mol. The topological polar surface area (TPSA) is 37.8 Å². The second-order valence-corrected chi connectivity index (χ2v) is 4.31. The van der Waals surface area contributed by atoms with Crippen LogP contribution in [-0.2, 0) is 0 Å². The molecule has 0 aliphatic rings. The maximum Gasteiger partial charge on any atom is 0.148 e. The van der Waals surface area contributed by atoms with Gasteiger partial charge in [0.2, 0.25) is 0 Å². The number of aromatic nitrogens is 2. The summed E-state index contributed by atoms with van der Waals surface area (Å²) in [4.78, 5) is 8.70. The van der Waals surface area contributed by atoms with Crippen molar-refractivity contribution in [3.05, 3.63) is 17.6 Å². The molecule has 3 nitrogen and oxygen atoms in total. The molecule has 0 aliphatic carbocycles. The number of nitrogens with one attached hydrogen (secondary N) is 1. The zero-order valence-electron chi connectivity index (χ0n) is 9.68. The average Bonchev–Trinajstić information content (AvgIpc) is 2.11. The van der Waals surface area contributed by atoms with Crippen LogP contribution in [0.3, 0.4) is 0 Å². The predicted octanol–water partition coefficient (Wildman–Crippen LogP) is 2.69. The van der Waals surface area contributed by atoms with E-state index in [2.05, 4.69) is 36.1 Å². The van der Waals surface area contributed by atoms with Crippen LogP contribution >= 0.6 is 0 Å². The Hall–Kier alpha value is -1.12. The maximum absolute atomic E-state index is 4.43. The molecule has 0 saturated heterocycles. The van der Waals surface area contributed by atoms with E-state index < -0.39 is 0 Å². The van der Waals surface area contributed by atoms with Crippen LogP contribution in [0.2, 0.25) is 0 Å². The molecule has 0 spiro atoms. The molecular formula is C11H19N3. The van der Waals surface area contributed by atoms with E-state index in [9.17, 15) is 0 Å². The minimum atomic E-state index is 0.0766. The van der Waals surface area contributed by atoms with Gasteiger partial charge in [0.15, 0.2) is 0 Å². The van der Waals surface area contributed by atoms with Crippen molar-refractivity contribution in [2.45, 2.75) is 46.6 Å². The molecule has 0 radical (unpaired) electrons. The zero-order valence-corrected chi connectivity index (χ0v) is 9.68. The molecule has 0 aromatic carbocycles. The summed E-state index contributed by atoms with van der Waals surface area (Å²) in [6, 6.07) is 0. The number of nitrogens with zero attached hydrogens (tertiary/aromatic N) is 2. The summed E-state index contributed by atoms with van der Waals surface area (Å²) in [5, 5.41) is 3.40. The van der Waals surface area contributed by atoms with Crippen LogP contribution in [0.25, 0.3) is 0 Å². The molecule has 0 amide bonds. The van der Waals surface area contributed by atoms with Gasteiger partial charge in [-0.3, -0.25) is 4.98 Å². The van der Waals surface area contributed by atoms with Crippen LogP contribution in [0, 0.1) is 13.8 Å². The van der Waals surface area contributed by atoms with Gasteiger partial charge in [-0.25, -0.2) is 4.98 Å². The molecule has 0 fully saturated rings. The minimum absolute atomic E-state index is 0.0766. The highest BCUT2D eigenvalue weighted by molar-refractivity contribution is 5.41. The Bertz CT molecular complexity index is 318. The first-order chi connectivity index (χ1) is 6.44. The Morgan fingerprint density at radius 2 is 2.00 bits per heavy atom. The minimum Gasteiger partial charge on any atom is -0.364 e. The Morgan fingerprint density at radius 3 is 2.57 bits per heavy atom. The first-order valence-corrected chi connectivity index (χ1v) is 5.03. The van der Waals surface area contributed by atoms with E-state index in [4.69, 9.17) is 0 Å². The molecule has 0 atom stereocenters. The molecular weight excluding hydrogens is 174 g/mol. The maximum atomic E-state index is 4.43. The molecule has 0 bridgehead atoms. The Kier molecular flexibility index (Phi) is 3.09. The third-order valence-electron chi connectivity index (χ3n) is 2.42. The molecule has 1 aromatic heterocycles. The first kappa shape index (κ1) is 11.0. The van der Waals surface area contributed by atoms with Gasteiger partial charge < -0.3 is 5.32 Å².